The first kappa shape index (κ1) is 25.0. The van der Waals surface area contributed by atoms with Crippen LogP contribution >= 0.6 is 11.3 Å². The number of benzene rings is 2. The van der Waals surface area contributed by atoms with Gasteiger partial charge in [-0.05, 0) is 80.1 Å². The fourth-order valence-electron chi connectivity index (χ4n) is 4.79. The third-order valence-electron chi connectivity index (χ3n) is 7.15. The van der Waals surface area contributed by atoms with Crippen LogP contribution in [-0.2, 0) is 6.54 Å². The minimum atomic E-state index is -0.155. The van der Waals surface area contributed by atoms with Crippen LogP contribution in [0.25, 0.3) is 10.4 Å². The van der Waals surface area contributed by atoms with Gasteiger partial charge < -0.3 is 25.8 Å². The van der Waals surface area contributed by atoms with Crippen LogP contribution in [0.1, 0.15) is 58.6 Å². The molecule has 4 N–H and O–H groups in total. The number of carbonyl (C=O) groups is 1. The van der Waals surface area contributed by atoms with Crippen LogP contribution in [0, 0.1) is 6.92 Å². The van der Waals surface area contributed by atoms with Gasteiger partial charge in [-0.2, -0.15) is 0 Å². The van der Waals surface area contributed by atoms with Crippen molar-refractivity contribution in [2.75, 3.05) is 13.1 Å². The Kier molecular flexibility index (Phi) is 7.72. The number of aliphatic hydroxyl groups is 1. The van der Waals surface area contributed by atoms with Gasteiger partial charge in [0.05, 0.1) is 12.1 Å². The molecule has 7 heteroatoms. The molecule has 2 fully saturated rings. The van der Waals surface area contributed by atoms with Gasteiger partial charge >= 0.3 is 0 Å². The zero-order chi connectivity index (χ0) is 25.1. The molecule has 1 aromatic heterocycles. The van der Waals surface area contributed by atoms with Crippen molar-refractivity contribution < 1.29 is 14.6 Å². The lowest BCUT2D eigenvalue weighted by Gasteiger charge is -2.28. The Morgan fingerprint density at radius 2 is 2.03 bits per heavy atom. The van der Waals surface area contributed by atoms with Crippen LogP contribution in [-0.4, -0.2) is 42.4 Å². The lowest BCUT2D eigenvalue weighted by atomic mass is 10.0. The highest BCUT2D eigenvalue weighted by molar-refractivity contribution is 7.15. The number of ether oxygens (including phenoxy) is 1. The van der Waals surface area contributed by atoms with Crippen molar-refractivity contribution in [1.29, 1.82) is 0 Å². The van der Waals surface area contributed by atoms with Gasteiger partial charge in [-0.25, -0.2) is 0 Å². The molecule has 1 saturated heterocycles. The number of aliphatic hydroxyl groups excluding tert-OH is 1. The van der Waals surface area contributed by atoms with Crippen molar-refractivity contribution >= 4 is 17.2 Å². The minimum absolute atomic E-state index is 0.0934. The summed E-state index contributed by atoms with van der Waals surface area (Å²) in [5.74, 6) is 0.642. The molecule has 0 radical (unpaired) electrons. The Hall–Kier alpha value is -2.71. The maximum atomic E-state index is 13.1. The van der Waals surface area contributed by atoms with Gasteiger partial charge in [0.2, 0.25) is 0 Å². The molecule has 1 saturated carbocycles. The van der Waals surface area contributed by atoms with Gasteiger partial charge in [0, 0.05) is 41.0 Å². The molecule has 0 bridgehead atoms. The molecule has 36 heavy (non-hydrogen) atoms. The smallest absolute Gasteiger partial charge is 0.252 e. The average Bonchev–Trinajstić information content (AvgIpc) is 3.50. The van der Waals surface area contributed by atoms with Crippen molar-refractivity contribution in [3.63, 3.8) is 0 Å². The Balaban J connectivity index is 1.22. The molecule has 2 heterocycles. The highest BCUT2D eigenvalue weighted by atomic mass is 32.1. The van der Waals surface area contributed by atoms with E-state index in [4.69, 9.17) is 4.74 Å². The van der Waals surface area contributed by atoms with Crippen molar-refractivity contribution in [2.45, 2.75) is 63.9 Å². The summed E-state index contributed by atoms with van der Waals surface area (Å²) < 4.78 is 5.95. The molecule has 0 spiro atoms. The van der Waals surface area contributed by atoms with E-state index in [9.17, 15) is 9.90 Å². The van der Waals surface area contributed by atoms with E-state index in [0.717, 1.165) is 61.3 Å². The number of thiophene rings is 1. The van der Waals surface area contributed by atoms with E-state index in [-0.39, 0.29) is 24.2 Å². The number of rotatable bonds is 9. The molecular weight excluding hydrogens is 470 g/mol. The standard InChI is InChI=1S/C29H35N3O3S/c1-18-6-9-24(35-25-15-30-16-25)14-27(18)29(34)32-19(2)20-4-3-5-21(12-20)28-11-10-26(36-28)17-31-22-7-8-23(33)13-22/h3-6,9-12,14,19,22-23,25,30-31,33H,7-8,13,15-17H2,1-2H3,(H,32,34)/t19?,22-,23+/m1/s1. The molecule has 1 unspecified atom stereocenters. The van der Waals surface area contributed by atoms with E-state index in [1.165, 1.54) is 9.75 Å². The maximum absolute atomic E-state index is 13.1. The predicted molar refractivity (Wildman–Crippen MR) is 145 cm³/mol. The molecule has 1 aliphatic heterocycles. The summed E-state index contributed by atoms with van der Waals surface area (Å²) in [6, 6.07) is 18.7. The highest BCUT2D eigenvalue weighted by Crippen LogP contribution is 2.31. The summed E-state index contributed by atoms with van der Waals surface area (Å²) in [4.78, 5) is 15.6. The quantitative estimate of drug-likeness (QED) is 0.343. The summed E-state index contributed by atoms with van der Waals surface area (Å²) >= 11 is 1.79. The number of amides is 1. The van der Waals surface area contributed by atoms with Gasteiger partial charge in [0.15, 0.2) is 0 Å². The van der Waals surface area contributed by atoms with Crippen molar-refractivity contribution in [3.05, 3.63) is 76.2 Å². The third-order valence-corrected chi connectivity index (χ3v) is 8.29. The van der Waals surface area contributed by atoms with E-state index in [1.54, 1.807) is 11.3 Å². The molecule has 1 amide bonds. The van der Waals surface area contributed by atoms with E-state index in [0.29, 0.717) is 11.6 Å². The van der Waals surface area contributed by atoms with Crippen LogP contribution in [0.3, 0.4) is 0 Å². The van der Waals surface area contributed by atoms with Crippen LogP contribution in [0.2, 0.25) is 0 Å². The maximum Gasteiger partial charge on any atom is 0.252 e. The number of hydrogen-bond donors (Lipinski definition) is 4. The number of carbonyl (C=O) groups excluding carboxylic acids is 1. The van der Waals surface area contributed by atoms with E-state index < -0.39 is 0 Å². The fourth-order valence-corrected chi connectivity index (χ4v) is 5.75. The summed E-state index contributed by atoms with van der Waals surface area (Å²) in [7, 11) is 0. The molecule has 1 aliphatic carbocycles. The lowest BCUT2D eigenvalue weighted by Crippen LogP contribution is -2.50. The third kappa shape index (κ3) is 5.98. The van der Waals surface area contributed by atoms with Crippen molar-refractivity contribution in [1.82, 2.24) is 16.0 Å². The van der Waals surface area contributed by atoms with E-state index in [2.05, 4.69) is 52.3 Å². The second kappa shape index (κ2) is 11.1. The predicted octanol–water partition coefficient (Wildman–Crippen LogP) is 4.57. The lowest BCUT2D eigenvalue weighted by molar-refractivity contribution is 0.0937. The molecule has 190 valence electrons. The number of hydrogen-bond acceptors (Lipinski definition) is 6. The molecule has 3 aromatic rings. The Bertz CT molecular complexity index is 1210. The van der Waals surface area contributed by atoms with Gasteiger partial charge in [0.1, 0.15) is 11.9 Å². The molecule has 2 aliphatic rings. The zero-order valence-electron chi connectivity index (χ0n) is 20.9. The second-order valence-electron chi connectivity index (χ2n) is 10.0. The van der Waals surface area contributed by atoms with Crippen LogP contribution in [0.15, 0.2) is 54.6 Å². The first-order valence-electron chi connectivity index (χ1n) is 12.8. The Labute approximate surface area is 217 Å². The first-order valence-corrected chi connectivity index (χ1v) is 13.7. The average molecular weight is 506 g/mol. The second-order valence-corrected chi connectivity index (χ2v) is 11.2. The zero-order valence-corrected chi connectivity index (χ0v) is 21.7. The molecule has 2 aromatic carbocycles. The molecule has 3 atom stereocenters. The summed E-state index contributed by atoms with van der Waals surface area (Å²) in [6.45, 7) is 6.48. The highest BCUT2D eigenvalue weighted by Gasteiger charge is 2.22. The van der Waals surface area contributed by atoms with E-state index in [1.807, 2.05) is 32.0 Å². The SMILES string of the molecule is Cc1ccc(OC2CNC2)cc1C(=O)NC(C)c1cccc(-c2ccc(CN[C@@H]3CC[C@H](O)C3)s2)c1. The summed E-state index contributed by atoms with van der Waals surface area (Å²) in [6.07, 6.45) is 2.80. The van der Waals surface area contributed by atoms with Gasteiger partial charge in [-0.1, -0.05) is 24.3 Å². The number of aryl methyl sites for hydroxylation is 1. The summed E-state index contributed by atoms with van der Waals surface area (Å²) in [5.41, 5.74) is 3.80. The molecule has 6 nitrogen and oxygen atoms in total. The normalized spacial score (nSPS) is 20.6. The van der Waals surface area contributed by atoms with Crippen molar-refractivity contribution in [2.24, 2.45) is 0 Å². The Morgan fingerprint density at radius 3 is 2.78 bits per heavy atom. The Morgan fingerprint density at radius 1 is 1.17 bits per heavy atom. The van der Waals surface area contributed by atoms with Crippen LogP contribution in [0.4, 0.5) is 0 Å². The fraction of sp³-hybridized carbons (Fsp3) is 0.414. The van der Waals surface area contributed by atoms with Crippen molar-refractivity contribution in [3.8, 4) is 16.2 Å². The summed E-state index contributed by atoms with van der Waals surface area (Å²) in [5, 5.41) is 19.7. The van der Waals surface area contributed by atoms with Crippen LogP contribution in [0.5, 0.6) is 5.75 Å². The first-order chi connectivity index (χ1) is 17.4. The molecule has 5 rings (SSSR count). The topological polar surface area (TPSA) is 82.6 Å². The minimum Gasteiger partial charge on any atom is -0.488 e. The van der Waals surface area contributed by atoms with E-state index >= 15 is 0 Å². The monoisotopic (exact) mass is 505 g/mol. The van der Waals surface area contributed by atoms with Gasteiger partial charge in [0.25, 0.3) is 5.91 Å². The molecular formula is C29H35N3O3S. The van der Waals surface area contributed by atoms with Gasteiger partial charge in [-0.15, -0.1) is 11.3 Å². The van der Waals surface area contributed by atoms with Gasteiger partial charge in [-0.3, -0.25) is 4.79 Å². The van der Waals surface area contributed by atoms with Crippen LogP contribution < -0.4 is 20.7 Å². The number of nitrogens with one attached hydrogen (secondary N) is 3. The largest absolute Gasteiger partial charge is 0.488 e.